The summed E-state index contributed by atoms with van der Waals surface area (Å²) in [6, 6.07) is 14.2. The Kier molecular flexibility index (Phi) is 7.30. The highest BCUT2D eigenvalue weighted by Gasteiger charge is 2.34. The van der Waals surface area contributed by atoms with Crippen molar-refractivity contribution in [2.45, 2.75) is 51.7 Å². The minimum atomic E-state index is -0.295. The highest BCUT2D eigenvalue weighted by atomic mass is 16.2. The Balaban J connectivity index is 1.27. The lowest BCUT2D eigenvalue weighted by molar-refractivity contribution is -0.129. The third kappa shape index (κ3) is 6.14. The van der Waals surface area contributed by atoms with Gasteiger partial charge in [-0.3, -0.25) is 19.5 Å². The zero-order valence-corrected chi connectivity index (χ0v) is 18.1. The number of hydrogen-bond donors (Lipinski definition) is 1. The summed E-state index contributed by atoms with van der Waals surface area (Å²) in [7, 11) is 0. The third-order valence-corrected chi connectivity index (χ3v) is 6.23. The maximum Gasteiger partial charge on any atom is 0.225 e. The van der Waals surface area contributed by atoms with Crippen LogP contribution in [0.4, 0.5) is 0 Å². The summed E-state index contributed by atoms with van der Waals surface area (Å²) in [5, 5.41) is 3.04. The lowest BCUT2D eigenvalue weighted by atomic mass is 10.1. The highest BCUT2D eigenvalue weighted by Crippen LogP contribution is 2.20. The molecule has 1 aromatic carbocycles. The summed E-state index contributed by atoms with van der Waals surface area (Å²) in [5.74, 6) is -0.323. The average molecular weight is 421 g/mol. The Morgan fingerprint density at radius 2 is 1.81 bits per heavy atom. The van der Waals surface area contributed by atoms with Crippen LogP contribution < -0.4 is 5.32 Å². The molecule has 6 nitrogen and oxygen atoms in total. The number of nitrogens with one attached hydrogen (secondary N) is 1. The Morgan fingerprint density at radius 1 is 1.00 bits per heavy atom. The van der Waals surface area contributed by atoms with Gasteiger partial charge in [-0.25, -0.2) is 0 Å². The van der Waals surface area contributed by atoms with Crippen LogP contribution in [0.5, 0.6) is 0 Å². The van der Waals surface area contributed by atoms with Gasteiger partial charge in [-0.1, -0.05) is 43.2 Å². The van der Waals surface area contributed by atoms with E-state index < -0.39 is 0 Å². The molecule has 2 aromatic rings. The fraction of sp³-hybridized carbons (Fsp3) is 0.480. The van der Waals surface area contributed by atoms with E-state index in [2.05, 4.69) is 39.5 Å². The van der Waals surface area contributed by atoms with Gasteiger partial charge in [0.1, 0.15) is 0 Å². The van der Waals surface area contributed by atoms with Gasteiger partial charge in [-0.2, -0.15) is 0 Å². The molecule has 2 aliphatic heterocycles. The summed E-state index contributed by atoms with van der Waals surface area (Å²) in [5.41, 5.74) is 3.25. The van der Waals surface area contributed by atoms with Crippen LogP contribution in [-0.2, 0) is 29.2 Å². The maximum absolute atomic E-state index is 12.7. The molecule has 3 heterocycles. The SMILES string of the molecule is O=C(NCc1cccc(CN2CCCCCC2)c1)[C@H]1CC(=O)N(Cc2ccccn2)C1. The number of benzene rings is 1. The van der Waals surface area contributed by atoms with E-state index in [0.717, 1.165) is 17.8 Å². The number of pyridine rings is 1. The Labute approximate surface area is 184 Å². The van der Waals surface area contributed by atoms with Crippen molar-refractivity contribution in [2.75, 3.05) is 19.6 Å². The number of likely N-dealkylation sites (tertiary alicyclic amines) is 2. The predicted molar refractivity (Wildman–Crippen MR) is 120 cm³/mol. The van der Waals surface area contributed by atoms with Crippen molar-refractivity contribution in [3.63, 3.8) is 0 Å². The molecule has 0 spiro atoms. The first-order chi connectivity index (χ1) is 15.2. The number of aromatic nitrogens is 1. The van der Waals surface area contributed by atoms with E-state index >= 15 is 0 Å². The van der Waals surface area contributed by atoms with E-state index in [9.17, 15) is 9.59 Å². The van der Waals surface area contributed by atoms with E-state index in [4.69, 9.17) is 0 Å². The van der Waals surface area contributed by atoms with Crippen LogP contribution in [0.25, 0.3) is 0 Å². The molecule has 1 atom stereocenters. The first-order valence-corrected chi connectivity index (χ1v) is 11.4. The molecule has 0 radical (unpaired) electrons. The number of carbonyl (C=O) groups is 2. The van der Waals surface area contributed by atoms with Gasteiger partial charge in [0.25, 0.3) is 0 Å². The van der Waals surface area contributed by atoms with Crippen molar-refractivity contribution in [1.29, 1.82) is 0 Å². The molecule has 0 unspecified atom stereocenters. The molecular formula is C25H32N4O2. The molecule has 4 rings (SSSR count). The molecule has 0 bridgehead atoms. The van der Waals surface area contributed by atoms with Gasteiger partial charge >= 0.3 is 0 Å². The van der Waals surface area contributed by atoms with Crippen molar-refractivity contribution in [3.8, 4) is 0 Å². The van der Waals surface area contributed by atoms with Crippen LogP contribution in [0, 0.1) is 5.92 Å². The molecule has 6 heteroatoms. The van der Waals surface area contributed by atoms with Crippen molar-refractivity contribution < 1.29 is 9.59 Å². The normalized spacial score (nSPS) is 19.9. The highest BCUT2D eigenvalue weighted by molar-refractivity contribution is 5.89. The molecule has 1 aromatic heterocycles. The molecule has 2 aliphatic rings. The van der Waals surface area contributed by atoms with Gasteiger partial charge in [-0.15, -0.1) is 0 Å². The second kappa shape index (κ2) is 10.5. The summed E-state index contributed by atoms with van der Waals surface area (Å²) in [6.07, 6.45) is 7.24. The molecule has 164 valence electrons. The van der Waals surface area contributed by atoms with Crippen molar-refractivity contribution >= 4 is 11.8 Å². The second-order valence-corrected chi connectivity index (χ2v) is 8.72. The van der Waals surface area contributed by atoms with Gasteiger partial charge in [0.2, 0.25) is 11.8 Å². The minimum absolute atomic E-state index is 0.0188. The van der Waals surface area contributed by atoms with Crippen LogP contribution >= 0.6 is 0 Å². The first kappa shape index (κ1) is 21.5. The third-order valence-electron chi connectivity index (χ3n) is 6.23. The number of rotatable bonds is 7. The van der Waals surface area contributed by atoms with Crippen molar-refractivity contribution in [1.82, 2.24) is 20.1 Å². The van der Waals surface area contributed by atoms with E-state index in [1.54, 1.807) is 11.1 Å². The predicted octanol–water partition coefficient (Wildman–Crippen LogP) is 3.12. The van der Waals surface area contributed by atoms with Crippen LogP contribution in [0.1, 0.15) is 48.9 Å². The smallest absolute Gasteiger partial charge is 0.225 e. The maximum atomic E-state index is 12.7. The summed E-state index contributed by atoms with van der Waals surface area (Å²) < 4.78 is 0. The van der Waals surface area contributed by atoms with Gasteiger partial charge in [0.05, 0.1) is 18.2 Å². The van der Waals surface area contributed by atoms with Crippen molar-refractivity contribution in [3.05, 3.63) is 65.5 Å². The number of amides is 2. The fourth-order valence-corrected chi connectivity index (χ4v) is 4.51. The van der Waals surface area contributed by atoms with Crippen LogP contribution in [0.2, 0.25) is 0 Å². The molecule has 0 saturated carbocycles. The standard InChI is InChI=1S/C25H32N4O2/c30-24-15-22(18-29(24)19-23-10-3-4-11-26-23)25(31)27-16-20-8-7-9-21(14-20)17-28-12-5-1-2-6-13-28/h3-4,7-11,14,22H,1-2,5-6,12-13,15-19H2,(H,27,31)/t22-/m0/s1. The number of carbonyl (C=O) groups excluding carboxylic acids is 2. The lowest BCUT2D eigenvalue weighted by Gasteiger charge is -2.20. The van der Waals surface area contributed by atoms with Gasteiger partial charge in [0, 0.05) is 32.3 Å². The van der Waals surface area contributed by atoms with E-state index in [-0.39, 0.29) is 24.2 Å². The zero-order valence-electron chi connectivity index (χ0n) is 18.1. The molecule has 0 aliphatic carbocycles. The molecule has 1 N–H and O–H groups in total. The topological polar surface area (TPSA) is 65.5 Å². The van der Waals surface area contributed by atoms with E-state index in [0.29, 0.717) is 19.6 Å². The zero-order chi connectivity index (χ0) is 21.5. The Bertz CT molecular complexity index is 878. The van der Waals surface area contributed by atoms with Crippen LogP contribution in [-0.4, -0.2) is 46.2 Å². The number of hydrogen-bond acceptors (Lipinski definition) is 4. The van der Waals surface area contributed by atoms with Gasteiger partial charge in [0.15, 0.2) is 0 Å². The van der Waals surface area contributed by atoms with Crippen LogP contribution in [0.15, 0.2) is 48.7 Å². The number of nitrogens with zero attached hydrogens (tertiary/aromatic N) is 3. The molecule has 2 amide bonds. The fourth-order valence-electron chi connectivity index (χ4n) is 4.51. The molecule has 2 fully saturated rings. The minimum Gasteiger partial charge on any atom is -0.352 e. The lowest BCUT2D eigenvalue weighted by Crippen LogP contribution is -2.32. The van der Waals surface area contributed by atoms with E-state index in [1.165, 1.54) is 44.3 Å². The summed E-state index contributed by atoms with van der Waals surface area (Å²) in [4.78, 5) is 33.6. The monoisotopic (exact) mass is 420 g/mol. The molecule has 31 heavy (non-hydrogen) atoms. The summed E-state index contributed by atoms with van der Waals surface area (Å²) in [6.45, 7) is 4.73. The second-order valence-electron chi connectivity index (χ2n) is 8.72. The summed E-state index contributed by atoms with van der Waals surface area (Å²) >= 11 is 0. The first-order valence-electron chi connectivity index (χ1n) is 11.4. The van der Waals surface area contributed by atoms with Crippen LogP contribution in [0.3, 0.4) is 0 Å². The Hall–Kier alpha value is -2.73. The quantitative estimate of drug-likeness (QED) is 0.747. The largest absolute Gasteiger partial charge is 0.352 e. The average Bonchev–Trinajstić information content (AvgIpc) is 2.98. The molecular weight excluding hydrogens is 388 g/mol. The van der Waals surface area contributed by atoms with Crippen molar-refractivity contribution in [2.24, 2.45) is 5.92 Å². The van der Waals surface area contributed by atoms with E-state index in [1.807, 2.05) is 18.2 Å². The van der Waals surface area contributed by atoms with Gasteiger partial charge in [-0.05, 0) is 49.2 Å². The molecule has 2 saturated heterocycles. The van der Waals surface area contributed by atoms with Gasteiger partial charge < -0.3 is 10.2 Å². The Morgan fingerprint density at radius 3 is 2.58 bits per heavy atom.